The Bertz CT molecular complexity index is 467. The highest BCUT2D eigenvalue weighted by molar-refractivity contribution is 5.85. The van der Waals surface area contributed by atoms with Crippen molar-refractivity contribution in [1.29, 1.82) is 0 Å². The highest BCUT2D eigenvalue weighted by atomic mass is 16.5. The molecular weight excluding hydrogens is 244 g/mol. The molecule has 1 aliphatic carbocycles. The van der Waals surface area contributed by atoms with E-state index in [2.05, 4.69) is 0 Å². The van der Waals surface area contributed by atoms with E-state index in [0.29, 0.717) is 11.1 Å². The molecule has 0 unspecified atom stereocenters. The summed E-state index contributed by atoms with van der Waals surface area (Å²) in [5.74, 6) is -0.562. The van der Waals surface area contributed by atoms with E-state index in [1.807, 2.05) is 26.8 Å². The van der Waals surface area contributed by atoms with Gasteiger partial charge in [0.15, 0.2) is 0 Å². The highest BCUT2D eigenvalue weighted by Crippen LogP contribution is 2.35. The fraction of sp³-hybridized carbons (Fsp3) is 0.467. The number of esters is 1. The van der Waals surface area contributed by atoms with E-state index in [4.69, 9.17) is 9.84 Å². The van der Waals surface area contributed by atoms with Crippen LogP contribution in [-0.2, 0) is 14.3 Å². The number of carbonyl (C=O) groups is 2. The Balaban J connectivity index is 2.92. The first-order valence-corrected chi connectivity index (χ1v) is 6.16. The van der Waals surface area contributed by atoms with Gasteiger partial charge in [-0.3, -0.25) is 4.79 Å². The van der Waals surface area contributed by atoms with Crippen molar-refractivity contribution in [3.05, 3.63) is 34.9 Å². The van der Waals surface area contributed by atoms with Gasteiger partial charge in [0, 0.05) is 17.1 Å². The first kappa shape index (κ1) is 15.4. The topological polar surface area (TPSA) is 63.6 Å². The van der Waals surface area contributed by atoms with E-state index in [-0.39, 0.29) is 12.0 Å². The van der Waals surface area contributed by atoms with Crippen molar-refractivity contribution in [2.24, 2.45) is 5.41 Å². The van der Waals surface area contributed by atoms with Gasteiger partial charge < -0.3 is 9.84 Å². The van der Waals surface area contributed by atoms with Gasteiger partial charge in [0.25, 0.3) is 0 Å². The summed E-state index contributed by atoms with van der Waals surface area (Å²) in [4.78, 5) is 22.8. The normalized spacial score (nSPS) is 22.4. The van der Waals surface area contributed by atoms with Crippen molar-refractivity contribution in [2.45, 2.75) is 33.8 Å². The maximum atomic E-state index is 11.6. The molecule has 4 nitrogen and oxygen atoms in total. The summed E-state index contributed by atoms with van der Waals surface area (Å²) in [5.41, 5.74) is 1.68. The number of rotatable bonds is 4. The fourth-order valence-electron chi connectivity index (χ4n) is 1.81. The molecule has 0 radical (unpaired) electrons. The molecule has 0 heterocycles. The van der Waals surface area contributed by atoms with Crippen LogP contribution in [0.2, 0.25) is 0 Å². The number of ether oxygens (including phenoxy) is 1. The second-order valence-corrected chi connectivity index (χ2v) is 5.29. The zero-order chi connectivity index (χ0) is 14.6. The van der Waals surface area contributed by atoms with Crippen molar-refractivity contribution < 1.29 is 19.4 Å². The maximum Gasteiger partial charge on any atom is 0.331 e. The van der Waals surface area contributed by atoms with Gasteiger partial charge in [0.2, 0.25) is 0 Å². The summed E-state index contributed by atoms with van der Waals surface area (Å²) in [6.07, 6.45) is 4.96. The number of carbonyl (C=O) groups excluding carboxylic acids is 2. The van der Waals surface area contributed by atoms with Crippen LogP contribution in [0.5, 0.6) is 0 Å². The Morgan fingerprint density at radius 3 is 2.68 bits per heavy atom. The minimum Gasteiger partial charge on any atom is -0.450 e. The van der Waals surface area contributed by atoms with E-state index in [9.17, 15) is 9.59 Å². The van der Waals surface area contributed by atoms with Crippen LogP contribution in [0.25, 0.3) is 0 Å². The van der Waals surface area contributed by atoms with Crippen LogP contribution in [0.3, 0.4) is 0 Å². The zero-order valence-corrected chi connectivity index (χ0v) is 11.8. The van der Waals surface area contributed by atoms with E-state index < -0.39 is 12.1 Å². The third-order valence-corrected chi connectivity index (χ3v) is 3.38. The zero-order valence-electron chi connectivity index (χ0n) is 11.8. The van der Waals surface area contributed by atoms with Crippen LogP contribution < -0.4 is 0 Å². The molecule has 0 saturated carbocycles. The number of aldehydes is 1. The Hall–Kier alpha value is -1.68. The van der Waals surface area contributed by atoms with Gasteiger partial charge in [-0.05, 0) is 25.5 Å². The van der Waals surface area contributed by atoms with Crippen molar-refractivity contribution in [2.75, 3.05) is 6.61 Å². The van der Waals surface area contributed by atoms with Crippen LogP contribution >= 0.6 is 0 Å². The van der Waals surface area contributed by atoms with E-state index in [1.54, 1.807) is 13.0 Å². The van der Waals surface area contributed by atoms with Crippen molar-refractivity contribution in [3.63, 3.8) is 0 Å². The van der Waals surface area contributed by atoms with E-state index in [1.165, 1.54) is 6.08 Å². The summed E-state index contributed by atoms with van der Waals surface area (Å²) in [6.45, 7) is 7.29. The third kappa shape index (κ3) is 3.64. The molecular formula is C15H20O4. The predicted octanol–water partition coefficient (Wildman–Crippen LogP) is 1.95. The lowest BCUT2D eigenvalue weighted by Gasteiger charge is -2.30. The molecule has 0 saturated heterocycles. The number of allylic oxidation sites excluding steroid dienone is 2. The van der Waals surface area contributed by atoms with Gasteiger partial charge in [-0.25, -0.2) is 4.79 Å². The predicted molar refractivity (Wildman–Crippen MR) is 72.4 cm³/mol. The standard InChI is InChI=1S/C15H20O4/c1-10(8-16)7-14(18)19-13-5-6-15(3,4)11(2)12(13)9-17/h5-7,9,13,16H,8H2,1-4H3/b10-7+/t13-/m1/s1. The maximum absolute atomic E-state index is 11.6. The SMILES string of the molecule is CC1=C(C=O)[C@H](OC(=O)/C=C(\C)CO)C=CC1(C)C. The number of hydrogen-bond donors (Lipinski definition) is 1. The molecule has 4 heteroatoms. The second kappa shape index (κ2) is 5.97. The summed E-state index contributed by atoms with van der Waals surface area (Å²) >= 11 is 0. The molecule has 0 aliphatic heterocycles. The minimum absolute atomic E-state index is 0.196. The lowest BCUT2D eigenvalue weighted by molar-refractivity contribution is -0.139. The lowest BCUT2D eigenvalue weighted by Crippen LogP contribution is -2.27. The van der Waals surface area contributed by atoms with Crippen molar-refractivity contribution >= 4 is 12.3 Å². The molecule has 1 N–H and O–H groups in total. The van der Waals surface area contributed by atoms with Crippen LogP contribution in [0.1, 0.15) is 27.7 Å². The van der Waals surface area contributed by atoms with Crippen LogP contribution in [0, 0.1) is 5.41 Å². The molecule has 0 aromatic carbocycles. The summed E-state index contributed by atoms with van der Waals surface area (Å²) in [5, 5.41) is 8.84. The fourth-order valence-corrected chi connectivity index (χ4v) is 1.81. The molecule has 0 amide bonds. The monoisotopic (exact) mass is 264 g/mol. The molecule has 0 fully saturated rings. The van der Waals surface area contributed by atoms with Gasteiger partial charge in [0.05, 0.1) is 6.61 Å². The number of aliphatic hydroxyl groups excluding tert-OH is 1. The number of aliphatic hydroxyl groups is 1. The molecule has 0 bridgehead atoms. The molecule has 1 aliphatic rings. The smallest absolute Gasteiger partial charge is 0.331 e. The Morgan fingerprint density at radius 1 is 1.53 bits per heavy atom. The minimum atomic E-state index is -0.652. The Labute approximate surface area is 113 Å². The molecule has 0 aromatic heterocycles. The molecule has 1 atom stereocenters. The van der Waals surface area contributed by atoms with Gasteiger partial charge in [-0.1, -0.05) is 25.5 Å². The first-order valence-electron chi connectivity index (χ1n) is 6.16. The molecule has 1 rings (SSSR count). The van der Waals surface area contributed by atoms with Gasteiger partial charge in [-0.15, -0.1) is 0 Å². The summed E-state index contributed by atoms with van der Waals surface area (Å²) in [7, 11) is 0. The lowest BCUT2D eigenvalue weighted by atomic mass is 9.77. The summed E-state index contributed by atoms with van der Waals surface area (Å²) in [6, 6.07) is 0. The van der Waals surface area contributed by atoms with E-state index >= 15 is 0 Å². The first-order chi connectivity index (χ1) is 8.81. The van der Waals surface area contributed by atoms with Gasteiger partial charge in [-0.2, -0.15) is 0 Å². The Morgan fingerprint density at radius 2 is 2.16 bits per heavy atom. The second-order valence-electron chi connectivity index (χ2n) is 5.29. The molecule has 104 valence electrons. The summed E-state index contributed by atoms with van der Waals surface area (Å²) < 4.78 is 5.23. The van der Waals surface area contributed by atoms with Crippen LogP contribution in [-0.4, -0.2) is 30.1 Å². The average Bonchev–Trinajstić information content (AvgIpc) is 2.34. The van der Waals surface area contributed by atoms with Crippen molar-refractivity contribution in [3.8, 4) is 0 Å². The highest BCUT2D eigenvalue weighted by Gasteiger charge is 2.29. The van der Waals surface area contributed by atoms with Gasteiger partial charge in [0.1, 0.15) is 12.4 Å². The average molecular weight is 264 g/mol. The molecule has 0 aromatic rings. The number of hydrogen-bond acceptors (Lipinski definition) is 4. The third-order valence-electron chi connectivity index (χ3n) is 3.38. The van der Waals surface area contributed by atoms with Gasteiger partial charge >= 0.3 is 5.97 Å². The molecule has 19 heavy (non-hydrogen) atoms. The quantitative estimate of drug-likeness (QED) is 0.365. The van der Waals surface area contributed by atoms with Crippen LogP contribution in [0.15, 0.2) is 34.9 Å². The largest absolute Gasteiger partial charge is 0.450 e. The van der Waals surface area contributed by atoms with Crippen molar-refractivity contribution in [1.82, 2.24) is 0 Å². The van der Waals surface area contributed by atoms with E-state index in [0.717, 1.165) is 11.9 Å². The van der Waals surface area contributed by atoms with Crippen LogP contribution in [0.4, 0.5) is 0 Å². The molecule has 0 spiro atoms. The Kier molecular flexibility index (Phi) is 4.84.